The van der Waals surface area contributed by atoms with E-state index in [0.29, 0.717) is 22.6 Å². The normalized spacial score (nSPS) is 11.0. The highest BCUT2D eigenvalue weighted by molar-refractivity contribution is 5.92. The number of pyridine rings is 2. The Balaban J connectivity index is 2.01. The second kappa shape index (κ2) is 5.92. The molecule has 0 aromatic carbocycles. The Morgan fingerprint density at radius 3 is 2.69 bits per heavy atom. The molecular formula is C18H14N6O2. The molecule has 8 heteroatoms. The maximum atomic E-state index is 11.5. The van der Waals surface area contributed by atoms with Crippen molar-refractivity contribution >= 4 is 17.4 Å². The lowest BCUT2D eigenvalue weighted by atomic mass is 10.1. The van der Waals surface area contributed by atoms with Gasteiger partial charge in [-0.3, -0.25) is 4.98 Å². The molecule has 0 aliphatic carbocycles. The Morgan fingerprint density at radius 2 is 1.96 bits per heavy atom. The van der Waals surface area contributed by atoms with Gasteiger partial charge in [0.15, 0.2) is 11.5 Å². The lowest BCUT2D eigenvalue weighted by Crippen LogP contribution is -2.10. The van der Waals surface area contributed by atoms with Crippen LogP contribution in [0.25, 0.3) is 28.3 Å². The first-order valence-electron chi connectivity index (χ1n) is 7.81. The van der Waals surface area contributed by atoms with Gasteiger partial charge in [-0.2, -0.15) is 0 Å². The second-order valence-electron chi connectivity index (χ2n) is 5.72. The van der Waals surface area contributed by atoms with Crippen molar-refractivity contribution in [2.24, 2.45) is 0 Å². The second-order valence-corrected chi connectivity index (χ2v) is 5.72. The van der Waals surface area contributed by atoms with Crippen molar-refractivity contribution in [2.45, 2.75) is 6.92 Å². The minimum Gasteiger partial charge on any atom is -0.476 e. The number of nitrogens with zero attached hydrogens (tertiary/aromatic N) is 5. The number of imidazole rings is 1. The first-order valence-corrected chi connectivity index (χ1v) is 7.81. The predicted octanol–water partition coefficient (Wildman–Crippen LogP) is 2.44. The fourth-order valence-corrected chi connectivity index (χ4v) is 2.73. The molecule has 0 saturated heterocycles. The number of rotatable bonds is 3. The zero-order valence-corrected chi connectivity index (χ0v) is 13.8. The average Bonchev–Trinajstić information content (AvgIpc) is 3.02. The monoisotopic (exact) mass is 346 g/mol. The van der Waals surface area contributed by atoms with Gasteiger partial charge in [-0.25, -0.2) is 19.7 Å². The molecule has 0 radical (unpaired) electrons. The Bertz CT molecular complexity index is 1140. The SMILES string of the molecule is Cc1cnc2ccc(-c3nc(C(=O)O)c(N)nc3-c3ccccn3)cn12. The number of nitrogen functional groups attached to an aromatic ring is 1. The van der Waals surface area contributed by atoms with Crippen molar-refractivity contribution in [3.63, 3.8) is 0 Å². The molecule has 0 aliphatic rings. The maximum Gasteiger partial charge on any atom is 0.358 e. The third-order valence-electron chi connectivity index (χ3n) is 4.00. The van der Waals surface area contributed by atoms with Crippen molar-refractivity contribution in [3.05, 3.63) is 60.3 Å². The lowest BCUT2D eigenvalue weighted by Gasteiger charge is -2.11. The molecule has 128 valence electrons. The number of hydrogen-bond acceptors (Lipinski definition) is 6. The van der Waals surface area contributed by atoms with Gasteiger partial charge in [0, 0.05) is 29.8 Å². The zero-order valence-electron chi connectivity index (χ0n) is 13.8. The first-order chi connectivity index (χ1) is 12.5. The van der Waals surface area contributed by atoms with Crippen LogP contribution in [0.3, 0.4) is 0 Å². The Labute approximate surface area is 148 Å². The number of anilines is 1. The van der Waals surface area contributed by atoms with E-state index in [2.05, 4.69) is 19.9 Å². The molecule has 0 atom stereocenters. The summed E-state index contributed by atoms with van der Waals surface area (Å²) in [6.45, 7) is 1.93. The molecule has 4 heterocycles. The van der Waals surface area contributed by atoms with E-state index in [0.717, 1.165) is 11.3 Å². The largest absolute Gasteiger partial charge is 0.476 e. The lowest BCUT2D eigenvalue weighted by molar-refractivity contribution is 0.0691. The van der Waals surface area contributed by atoms with E-state index in [4.69, 9.17) is 5.73 Å². The molecule has 0 amide bonds. The van der Waals surface area contributed by atoms with E-state index in [1.165, 1.54) is 0 Å². The highest BCUT2D eigenvalue weighted by Crippen LogP contribution is 2.30. The minimum absolute atomic E-state index is 0.151. The molecular weight excluding hydrogens is 332 g/mol. The number of carbonyl (C=O) groups is 1. The summed E-state index contributed by atoms with van der Waals surface area (Å²) in [6, 6.07) is 9.03. The van der Waals surface area contributed by atoms with E-state index in [-0.39, 0.29) is 11.5 Å². The van der Waals surface area contributed by atoms with Crippen molar-refractivity contribution < 1.29 is 9.90 Å². The number of aryl methyl sites for hydroxylation is 1. The number of hydrogen-bond donors (Lipinski definition) is 2. The van der Waals surface area contributed by atoms with Crippen LogP contribution < -0.4 is 5.73 Å². The molecule has 0 bridgehead atoms. The predicted molar refractivity (Wildman–Crippen MR) is 95.6 cm³/mol. The van der Waals surface area contributed by atoms with Gasteiger partial charge < -0.3 is 15.2 Å². The van der Waals surface area contributed by atoms with Crippen LogP contribution in [0.2, 0.25) is 0 Å². The van der Waals surface area contributed by atoms with E-state index < -0.39 is 5.97 Å². The van der Waals surface area contributed by atoms with Gasteiger partial charge in [0.05, 0.1) is 5.69 Å². The van der Waals surface area contributed by atoms with Crippen LogP contribution in [-0.2, 0) is 0 Å². The fourth-order valence-electron chi connectivity index (χ4n) is 2.73. The fraction of sp³-hybridized carbons (Fsp3) is 0.0556. The van der Waals surface area contributed by atoms with Crippen LogP contribution in [0.1, 0.15) is 16.2 Å². The van der Waals surface area contributed by atoms with Gasteiger partial charge in [0.1, 0.15) is 17.0 Å². The molecule has 0 unspecified atom stereocenters. The molecule has 4 rings (SSSR count). The van der Waals surface area contributed by atoms with Gasteiger partial charge in [-0.1, -0.05) is 6.07 Å². The maximum absolute atomic E-state index is 11.5. The number of carboxylic acid groups (broad SMARTS) is 1. The van der Waals surface area contributed by atoms with Crippen molar-refractivity contribution in [1.82, 2.24) is 24.3 Å². The molecule has 0 fully saturated rings. The van der Waals surface area contributed by atoms with Crippen LogP contribution in [0, 0.1) is 6.92 Å². The number of aromatic carboxylic acids is 1. The summed E-state index contributed by atoms with van der Waals surface area (Å²) in [4.78, 5) is 28.6. The topological polar surface area (TPSA) is 119 Å². The zero-order chi connectivity index (χ0) is 18.3. The van der Waals surface area contributed by atoms with Gasteiger partial charge in [-0.05, 0) is 31.2 Å². The Kier molecular flexibility index (Phi) is 3.58. The van der Waals surface area contributed by atoms with Crippen LogP contribution >= 0.6 is 0 Å². The first kappa shape index (κ1) is 15.7. The molecule has 0 aliphatic heterocycles. The number of fused-ring (bicyclic) bond motifs is 1. The smallest absolute Gasteiger partial charge is 0.358 e. The molecule has 8 nitrogen and oxygen atoms in total. The number of nitrogens with two attached hydrogens (primary N) is 1. The molecule has 0 saturated carbocycles. The van der Waals surface area contributed by atoms with E-state index in [1.807, 2.05) is 35.7 Å². The summed E-state index contributed by atoms with van der Waals surface area (Å²) in [5, 5.41) is 9.37. The van der Waals surface area contributed by atoms with Gasteiger partial charge in [-0.15, -0.1) is 0 Å². The molecule has 4 aromatic rings. The van der Waals surface area contributed by atoms with Crippen molar-refractivity contribution in [1.29, 1.82) is 0 Å². The highest BCUT2D eigenvalue weighted by atomic mass is 16.4. The summed E-state index contributed by atoms with van der Waals surface area (Å²) in [5.41, 5.74) is 9.31. The summed E-state index contributed by atoms with van der Waals surface area (Å²) < 4.78 is 1.90. The van der Waals surface area contributed by atoms with E-state index in [1.54, 1.807) is 24.5 Å². The quantitative estimate of drug-likeness (QED) is 0.584. The van der Waals surface area contributed by atoms with Crippen LogP contribution in [-0.4, -0.2) is 35.4 Å². The molecule has 4 aromatic heterocycles. The van der Waals surface area contributed by atoms with Crippen LogP contribution in [0.4, 0.5) is 5.82 Å². The van der Waals surface area contributed by atoms with Gasteiger partial charge in [0.25, 0.3) is 0 Å². The van der Waals surface area contributed by atoms with Crippen molar-refractivity contribution in [2.75, 3.05) is 5.73 Å². The number of carboxylic acids is 1. The van der Waals surface area contributed by atoms with E-state index >= 15 is 0 Å². The molecule has 3 N–H and O–H groups in total. The van der Waals surface area contributed by atoms with E-state index in [9.17, 15) is 9.90 Å². The summed E-state index contributed by atoms with van der Waals surface area (Å²) >= 11 is 0. The van der Waals surface area contributed by atoms with Gasteiger partial charge in [0.2, 0.25) is 0 Å². The molecule has 26 heavy (non-hydrogen) atoms. The average molecular weight is 346 g/mol. The van der Waals surface area contributed by atoms with Crippen LogP contribution in [0.5, 0.6) is 0 Å². The standard InChI is InChI=1S/C18H14N6O2/c1-10-8-21-13-6-5-11(9-24(10)13)14-15(12-4-2-3-7-20-12)23-17(19)16(22-14)18(25)26/h2-9H,1H3,(H2,19,23)(H,25,26). The summed E-state index contributed by atoms with van der Waals surface area (Å²) in [6.07, 6.45) is 5.23. The Hall–Kier alpha value is -3.81. The third kappa shape index (κ3) is 2.53. The number of aromatic nitrogens is 5. The highest BCUT2D eigenvalue weighted by Gasteiger charge is 2.20. The minimum atomic E-state index is -1.23. The van der Waals surface area contributed by atoms with Crippen molar-refractivity contribution in [3.8, 4) is 22.6 Å². The third-order valence-corrected chi connectivity index (χ3v) is 4.00. The molecule has 0 spiro atoms. The van der Waals surface area contributed by atoms with Crippen LogP contribution in [0.15, 0.2) is 48.9 Å². The van der Waals surface area contributed by atoms with Gasteiger partial charge >= 0.3 is 5.97 Å². The Morgan fingerprint density at radius 1 is 1.12 bits per heavy atom. The summed E-state index contributed by atoms with van der Waals surface area (Å²) in [5.74, 6) is -1.38. The summed E-state index contributed by atoms with van der Waals surface area (Å²) in [7, 11) is 0.